The fraction of sp³-hybridized carbons (Fsp3) is 0.308. The molecule has 6 heteroatoms. The van der Waals surface area contributed by atoms with Crippen LogP contribution in [0.15, 0.2) is 34.9 Å². The van der Waals surface area contributed by atoms with Gasteiger partial charge in [0.15, 0.2) is 0 Å². The van der Waals surface area contributed by atoms with Crippen LogP contribution in [0.3, 0.4) is 0 Å². The summed E-state index contributed by atoms with van der Waals surface area (Å²) >= 11 is 0. The smallest absolute Gasteiger partial charge is 0.324 e. The number of hydrogen-bond donors (Lipinski definition) is 1. The van der Waals surface area contributed by atoms with E-state index in [1.54, 1.807) is 19.0 Å². The van der Waals surface area contributed by atoms with Crippen molar-refractivity contribution in [1.29, 1.82) is 0 Å². The maximum atomic E-state index is 11.9. The van der Waals surface area contributed by atoms with Crippen molar-refractivity contribution in [2.45, 2.75) is 13.0 Å². The Kier molecular flexibility index (Phi) is 3.79. The standard InChI is InChI=1S/C13H16N4O2/c1-9(10-7-5-4-6-8-10)14-12(18)11-15-13(17(2)3)19-16-11/h4-9H,1-3H3,(H,14,18). The van der Waals surface area contributed by atoms with E-state index in [0.717, 1.165) is 5.56 Å². The van der Waals surface area contributed by atoms with Gasteiger partial charge in [-0.15, -0.1) is 0 Å². The molecule has 1 amide bonds. The molecule has 0 spiro atoms. The van der Waals surface area contributed by atoms with Gasteiger partial charge in [-0.05, 0) is 17.6 Å². The molecule has 0 aliphatic carbocycles. The van der Waals surface area contributed by atoms with Crippen molar-refractivity contribution in [2.75, 3.05) is 19.0 Å². The minimum atomic E-state index is -0.354. The molecular weight excluding hydrogens is 244 g/mol. The van der Waals surface area contributed by atoms with Crippen LogP contribution in [0.25, 0.3) is 0 Å². The lowest BCUT2D eigenvalue weighted by atomic mass is 10.1. The Morgan fingerprint density at radius 2 is 2.00 bits per heavy atom. The summed E-state index contributed by atoms with van der Waals surface area (Å²) in [7, 11) is 3.53. The molecule has 0 radical (unpaired) electrons. The van der Waals surface area contributed by atoms with Crippen molar-refractivity contribution < 1.29 is 9.32 Å². The Morgan fingerprint density at radius 1 is 1.32 bits per heavy atom. The third kappa shape index (κ3) is 3.09. The van der Waals surface area contributed by atoms with Gasteiger partial charge in [-0.3, -0.25) is 4.79 Å². The number of nitrogens with one attached hydrogen (secondary N) is 1. The molecule has 0 aliphatic heterocycles. The molecule has 0 bridgehead atoms. The number of carbonyl (C=O) groups is 1. The normalized spacial score (nSPS) is 11.9. The number of amides is 1. The van der Waals surface area contributed by atoms with E-state index in [-0.39, 0.29) is 17.8 Å². The lowest BCUT2D eigenvalue weighted by molar-refractivity contribution is 0.0926. The fourth-order valence-corrected chi connectivity index (χ4v) is 1.58. The van der Waals surface area contributed by atoms with E-state index in [1.165, 1.54) is 0 Å². The summed E-state index contributed by atoms with van der Waals surface area (Å²) < 4.78 is 4.94. The van der Waals surface area contributed by atoms with Gasteiger partial charge in [-0.25, -0.2) is 0 Å². The number of carbonyl (C=O) groups excluding carboxylic acids is 1. The van der Waals surface area contributed by atoms with Crippen LogP contribution in [0, 0.1) is 0 Å². The van der Waals surface area contributed by atoms with Gasteiger partial charge >= 0.3 is 6.01 Å². The van der Waals surface area contributed by atoms with Gasteiger partial charge < -0.3 is 14.7 Å². The molecule has 0 fully saturated rings. The second-order valence-electron chi connectivity index (χ2n) is 4.40. The second kappa shape index (κ2) is 5.51. The van der Waals surface area contributed by atoms with Crippen LogP contribution in [0.2, 0.25) is 0 Å². The molecule has 0 saturated carbocycles. The van der Waals surface area contributed by atoms with Gasteiger partial charge in [-0.2, -0.15) is 4.98 Å². The predicted octanol–water partition coefficient (Wildman–Crippen LogP) is 1.63. The lowest BCUT2D eigenvalue weighted by Crippen LogP contribution is -2.27. The highest BCUT2D eigenvalue weighted by Crippen LogP contribution is 2.12. The van der Waals surface area contributed by atoms with Gasteiger partial charge in [0.2, 0.25) is 0 Å². The van der Waals surface area contributed by atoms with Crippen molar-refractivity contribution in [3.05, 3.63) is 41.7 Å². The molecule has 1 aromatic carbocycles. The molecular formula is C13H16N4O2. The van der Waals surface area contributed by atoms with Gasteiger partial charge in [-0.1, -0.05) is 30.3 Å². The first kappa shape index (κ1) is 13.1. The van der Waals surface area contributed by atoms with E-state index in [4.69, 9.17) is 4.52 Å². The van der Waals surface area contributed by atoms with Crippen LogP contribution in [0.1, 0.15) is 29.1 Å². The van der Waals surface area contributed by atoms with Crippen LogP contribution in [-0.4, -0.2) is 30.1 Å². The highest BCUT2D eigenvalue weighted by Gasteiger charge is 2.17. The van der Waals surface area contributed by atoms with Gasteiger partial charge in [0.25, 0.3) is 11.7 Å². The van der Waals surface area contributed by atoms with Crippen molar-refractivity contribution in [3.8, 4) is 0 Å². The Morgan fingerprint density at radius 3 is 2.58 bits per heavy atom. The number of aromatic nitrogens is 2. The van der Waals surface area contributed by atoms with Crippen LogP contribution >= 0.6 is 0 Å². The minimum absolute atomic E-state index is 0.0338. The lowest BCUT2D eigenvalue weighted by Gasteiger charge is -2.12. The summed E-state index contributed by atoms with van der Waals surface area (Å²) in [5.41, 5.74) is 1.02. The van der Waals surface area contributed by atoms with Crippen molar-refractivity contribution >= 4 is 11.9 Å². The summed E-state index contributed by atoms with van der Waals surface area (Å²) in [5.74, 6) is -0.320. The third-order valence-corrected chi connectivity index (χ3v) is 2.65. The van der Waals surface area contributed by atoms with E-state index in [1.807, 2.05) is 37.3 Å². The molecule has 2 aromatic rings. The summed E-state index contributed by atoms with van der Waals surface area (Å²) in [6.45, 7) is 1.90. The molecule has 2 rings (SSSR count). The van der Waals surface area contributed by atoms with E-state index in [0.29, 0.717) is 6.01 Å². The summed E-state index contributed by atoms with van der Waals surface area (Å²) in [6, 6.07) is 9.87. The van der Waals surface area contributed by atoms with Crippen LogP contribution in [0.4, 0.5) is 6.01 Å². The maximum absolute atomic E-state index is 11.9. The highest BCUT2D eigenvalue weighted by molar-refractivity contribution is 5.90. The Balaban J connectivity index is 2.04. The molecule has 1 atom stereocenters. The fourth-order valence-electron chi connectivity index (χ4n) is 1.58. The van der Waals surface area contributed by atoms with Crippen LogP contribution < -0.4 is 10.2 Å². The molecule has 100 valence electrons. The predicted molar refractivity (Wildman–Crippen MR) is 70.9 cm³/mol. The summed E-state index contributed by atoms with van der Waals surface area (Å²) in [4.78, 5) is 17.6. The highest BCUT2D eigenvalue weighted by atomic mass is 16.5. The first-order valence-electron chi connectivity index (χ1n) is 5.95. The largest absolute Gasteiger partial charge is 0.343 e. The molecule has 19 heavy (non-hydrogen) atoms. The molecule has 1 heterocycles. The first-order chi connectivity index (χ1) is 9.08. The minimum Gasteiger partial charge on any atom is -0.343 e. The molecule has 0 saturated heterocycles. The van der Waals surface area contributed by atoms with Gasteiger partial charge in [0.1, 0.15) is 0 Å². The summed E-state index contributed by atoms with van der Waals surface area (Å²) in [6.07, 6.45) is 0. The van der Waals surface area contributed by atoms with Crippen LogP contribution in [0.5, 0.6) is 0 Å². The van der Waals surface area contributed by atoms with E-state index in [9.17, 15) is 4.79 Å². The quantitative estimate of drug-likeness (QED) is 0.904. The average Bonchev–Trinajstić information content (AvgIpc) is 2.89. The van der Waals surface area contributed by atoms with Crippen molar-refractivity contribution in [2.24, 2.45) is 0 Å². The zero-order valence-corrected chi connectivity index (χ0v) is 11.1. The van der Waals surface area contributed by atoms with Crippen LogP contribution in [-0.2, 0) is 0 Å². The molecule has 1 unspecified atom stereocenters. The van der Waals surface area contributed by atoms with Gasteiger partial charge in [0, 0.05) is 14.1 Å². The number of anilines is 1. The average molecular weight is 260 g/mol. The molecule has 1 aromatic heterocycles. The Hall–Kier alpha value is -2.37. The Bertz CT molecular complexity index is 551. The van der Waals surface area contributed by atoms with E-state index < -0.39 is 0 Å². The second-order valence-corrected chi connectivity index (χ2v) is 4.40. The number of benzene rings is 1. The van der Waals surface area contributed by atoms with E-state index in [2.05, 4.69) is 15.5 Å². The van der Waals surface area contributed by atoms with Crippen molar-refractivity contribution in [1.82, 2.24) is 15.5 Å². The van der Waals surface area contributed by atoms with E-state index >= 15 is 0 Å². The SMILES string of the molecule is CC(NC(=O)c1noc(N(C)C)n1)c1ccccc1. The monoisotopic (exact) mass is 260 g/mol. The Labute approximate surface area is 111 Å². The topological polar surface area (TPSA) is 71.3 Å². The zero-order valence-electron chi connectivity index (χ0n) is 11.1. The molecule has 0 aliphatic rings. The first-order valence-corrected chi connectivity index (χ1v) is 5.95. The zero-order chi connectivity index (χ0) is 13.8. The molecule has 1 N–H and O–H groups in total. The van der Waals surface area contributed by atoms with Gasteiger partial charge in [0.05, 0.1) is 6.04 Å². The molecule has 6 nitrogen and oxygen atoms in total. The third-order valence-electron chi connectivity index (χ3n) is 2.65. The number of hydrogen-bond acceptors (Lipinski definition) is 5. The maximum Gasteiger partial charge on any atom is 0.324 e. The number of rotatable bonds is 4. The summed E-state index contributed by atoms with van der Waals surface area (Å²) in [5, 5.41) is 6.47. The number of nitrogens with zero attached hydrogens (tertiary/aromatic N) is 3. The van der Waals surface area contributed by atoms with Crippen molar-refractivity contribution in [3.63, 3.8) is 0 Å².